The van der Waals surface area contributed by atoms with Gasteiger partial charge in [-0.2, -0.15) is 0 Å². The lowest BCUT2D eigenvalue weighted by molar-refractivity contribution is -0.137. The van der Waals surface area contributed by atoms with Crippen LogP contribution in [0, 0.1) is 34.5 Å². The summed E-state index contributed by atoms with van der Waals surface area (Å²) in [6, 6.07) is 0. The van der Waals surface area contributed by atoms with Crippen LogP contribution in [0.15, 0.2) is 23.8 Å². The van der Waals surface area contributed by atoms with Gasteiger partial charge in [-0.3, -0.25) is 9.59 Å². The molecule has 4 aliphatic rings. The highest BCUT2D eigenvalue weighted by molar-refractivity contribution is 6.01. The standard InChI is InChI=1S/C21H28O3/c1-12(22)16-6-7-17-15-5-4-13-10-14(23)8-9-20(13,2)19(15)18(24)11-21(16,17)3/h8-10,15-19,24H,4-7,11H2,1-3H3/t15-,16-,17+,18+,19-,20-,21+/m0/s1. The second kappa shape index (κ2) is 5.14. The predicted octanol–water partition coefficient (Wildman–Crippen LogP) is 3.47. The van der Waals surface area contributed by atoms with E-state index in [-0.39, 0.29) is 34.2 Å². The van der Waals surface area contributed by atoms with Crippen molar-refractivity contribution in [1.29, 1.82) is 0 Å². The van der Waals surface area contributed by atoms with Crippen LogP contribution in [-0.4, -0.2) is 22.8 Å². The van der Waals surface area contributed by atoms with Gasteiger partial charge in [0.05, 0.1) is 6.10 Å². The van der Waals surface area contributed by atoms with Gasteiger partial charge in [-0.15, -0.1) is 0 Å². The molecule has 4 rings (SSSR count). The fraction of sp³-hybridized carbons (Fsp3) is 0.714. The average molecular weight is 328 g/mol. The van der Waals surface area contributed by atoms with E-state index in [1.54, 1.807) is 19.1 Å². The van der Waals surface area contributed by atoms with E-state index >= 15 is 0 Å². The topological polar surface area (TPSA) is 54.4 Å². The van der Waals surface area contributed by atoms with Crippen LogP contribution in [0.25, 0.3) is 0 Å². The van der Waals surface area contributed by atoms with Crippen molar-refractivity contribution < 1.29 is 14.7 Å². The van der Waals surface area contributed by atoms with E-state index in [0.29, 0.717) is 18.3 Å². The third kappa shape index (κ3) is 2.00. The van der Waals surface area contributed by atoms with Crippen molar-refractivity contribution in [2.75, 3.05) is 0 Å². The molecule has 0 aromatic heterocycles. The van der Waals surface area contributed by atoms with E-state index in [1.165, 1.54) is 5.57 Å². The van der Waals surface area contributed by atoms with Gasteiger partial charge in [-0.05, 0) is 68.4 Å². The van der Waals surface area contributed by atoms with Crippen LogP contribution >= 0.6 is 0 Å². The van der Waals surface area contributed by atoms with Crippen molar-refractivity contribution in [2.24, 2.45) is 34.5 Å². The summed E-state index contributed by atoms with van der Waals surface area (Å²) in [5.74, 6) is 1.61. The molecule has 0 radical (unpaired) electrons. The molecule has 0 saturated heterocycles. The minimum atomic E-state index is -0.400. The fourth-order valence-electron chi connectivity index (χ4n) is 6.99. The summed E-state index contributed by atoms with van der Waals surface area (Å²) in [4.78, 5) is 24.0. The number of aliphatic hydroxyl groups is 1. The van der Waals surface area contributed by atoms with Crippen LogP contribution in [0.4, 0.5) is 0 Å². The molecular weight excluding hydrogens is 300 g/mol. The summed E-state index contributed by atoms with van der Waals surface area (Å²) in [5.41, 5.74) is 0.935. The molecular formula is C21H28O3. The van der Waals surface area contributed by atoms with Gasteiger partial charge in [0.1, 0.15) is 5.78 Å². The van der Waals surface area contributed by atoms with Crippen LogP contribution in [0.5, 0.6) is 0 Å². The number of allylic oxidation sites excluding steroid dienone is 4. The Morgan fingerprint density at radius 3 is 2.71 bits per heavy atom. The molecule has 0 unspecified atom stereocenters. The summed E-state index contributed by atoms with van der Waals surface area (Å²) >= 11 is 0. The van der Waals surface area contributed by atoms with Crippen molar-refractivity contribution in [1.82, 2.24) is 0 Å². The number of rotatable bonds is 1. The van der Waals surface area contributed by atoms with Crippen LogP contribution in [0.1, 0.15) is 52.9 Å². The van der Waals surface area contributed by atoms with E-state index < -0.39 is 6.10 Å². The van der Waals surface area contributed by atoms with Gasteiger partial charge in [0.15, 0.2) is 5.78 Å². The van der Waals surface area contributed by atoms with Gasteiger partial charge >= 0.3 is 0 Å². The molecule has 0 aliphatic heterocycles. The number of carbonyl (C=O) groups excluding carboxylic acids is 2. The average Bonchev–Trinajstić information content (AvgIpc) is 2.84. The molecule has 3 fully saturated rings. The first-order chi connectivity index (χ1) is 11.3. The summed E-state index contributed by atoms with van der Waals surface area (Å²) in [6.07, 6.45) is 9.89. The SMILES string of the molecule is CC(=O)[C@@H]1CC[C@@H]2[C@@H]3CCC4=CC(=O)C=C[C@]4(C)[C@@H]3[C@H](O)C[C@@]21C. The van der Waals surface area contributed by atoms with E-state index in [2.05, 4.69) is 13.8 Å². The van der Waals surface area contributed by atoms with Gasteiger partial charge in [-0.1, -0.05) is 25.5 Å². The second-order valence-corrected chi connectivity index (χ2v) is 9.04. The van der Waals surface area contributed by atoms with Gasteiger partial charge in [-0.25, -0.2) is 0 Å². The van der Waals surface area contributed by atoms with Crippen molar-refractivity contribution >= 4 is 11.6 Å². The van der Waals surface area contributed by atoms with Gasteiger partial charge in [0.2, 0.25) is 0 Å². The van der Waals surface area contributed by atoms with Crippen molar-refractivity contribution in [2.45, 2.75) is 59.0 Å². The molecule has 3 nitrogen and oxygen atoms in total. The first-order valence-corrected chi connectivity index (χ1v) is 9.40. The Morgan fingerprint density at radius 1 is 1.25 bits per heavy atom. The minimum absolute atomic E-state index is 0.0573. The van der Waals surface area contributed by atoms with Gasteiger partial charge in [0.25, 0.3) is 0 Å². The zero-order valence-electron chi connectivity index (χ0n) is 14.9. The highest BCUT2D eigenvalue weighted by Gasteiger charge is 2.62. The Hall–Kier alpha value is -1.22. The second-order valence-electron chi connectivity index (χ2n) is 9.04. The van der Waals surface area contributed by atoms with Crippen molar-refractivity contribution in [3.8, 4) is 0 Å². The van der Waals surface area contributed by atoms with Crippen LogP contribution in [0.3, 0.4) is 0 Å². The first-order valence-electron chi connectivity index (χ1n) is 9.40. The molecule has 0 aromatic carbocycles. The molecule has 0 heterocycles. The summed E-state index contributed by atoms with van der Waals surface area (Å²) < 4.78 is 0. The van der Waals surface area contributed by atoms with E-state index in [0.717, 1.165) is 25.7 Å². The van der Waals surface area contributed by atoms with E-state index in [4.69, 9.17) is 0 Å². The highest BCUT2D eigenvalue weighted by atomic mass is 16.3. The Labute approximate surface area is 144 Å². The normalized spacial score (nSPS) is 49.9. The molecule has 4 aliphatic carbocycles. The lowest BCUT2D eigenvalue weighted by Crippen LogP contribution is -2.56. The molecule has 24 heavy (non-hydrogen) atoms. The van der Waals surface area contributed by atoms with Gasteiger partial charge in [0, 0.05) is 17.3 Å². The molecule has 1 N–H and O–H groups in total. The maximum absolute atomic E-state index is 12.2. The summed E-state index contributed by atoms with van der Waals surface area (Å²) in [5, 5.41) is 11.1. The monoisotopic (exact) mass is 328 g/mol. The van der Waals surface area contributed by atoms with Gasteiger partial charge < -0.3 is 5.11 Å². The molecule has 0 aromatic rings. The number of Topliss-reactive ketones (excluding diaryl/α,β-unsaturated/α-hetero) is 1. The molecule has 3 saturated carbocycles. The first kappa shape index (κ1) is 16.3. The zero-order valence-corrected chi connectivity index (χ0v) is 14.9. The van der Waals surface area contributed by atoms with E-state index in [1.807, 2.05) is 6.08 Å². The number of carbonyl (C=O) groups is 2. The lowest BCUT2D eigenvalue weighted by Gasteiger charge is -2.58. The Balaban J connectivity index is 1.74. The number of hydrogen-bond donors (Lipinski definition) is 1. The molecule has 0 amide bonds. The number of hydrogen-bond acceptors (Lipinski definition) is 3. The third-order valence-corrected chi connectivity index (χ3v) is 7.98. The minimum Gasteiger partial charge on any atom is -0.393 e. The van der Waals surface area contributed by atoms with Crippen molar-refractivity contribution in [3.05, 3.63) is 23.8 Å². The number of ketones is 2. The molecule has 7 atom stereocenters. The maximum Gasteiger partial charge on any atom is 0.178 e. The Kier molecular flexibility index (Phi) is 3.48. The molecule has 0 bridgehead atoms. The maximum atomic E-state index is 12.2. The number of aliphatic hydroxyl groups excluding tert-OH is 1. The predicted molar refractivity (Wildman–Crippen MR) is 92.2 cm³/mol. The van der Waals surface area contributed by atoms with Crippen molar-refractivity contribution in [3.63, 3.8) is 0 Å². The van der Waals surface area contributed by atoms with E-state index in [9.17, 15) is 14.7 Å². The van der Waals surface area contributed by atoms with Crippen LogP contribution in [0.2, 0.25) is 0 Å². The third-order valence-electron chi connectivity index (χ3n) is 7.98. The lowest BCUT2D eigenvalue weighted by atomic mass is 9.46. The van der Waals surface area contributed by atoms with Crippen LogP contribution < -0.4 is 0 Å². The smallest absolute Gasteiger partial charge is 0.178 e. The highest BCUT2D eigenvalue weighted by Crippen LogP contribution is 2.65. The Bertz CT molecular complexity index is 660. The quantitative estimate of drug-likeness (QED) is 0.802. The fourth-order valence-corrected chi connectivity index (χ4v) is 6.99. The van der Waals surface area contributed by atoms with Crippen LogP contribution in [-0.2, 0) is 9.59 Å². The summed E-state index contributed by atoms with van der Waals surface area (Å²) in [6.45, 7) is 6.15. The number of fused-ring (bicyclic) bond motifs is 5. The summed E-state index contributed by atoms with van der Waals surface area (Å²) in [7, 11) is 0. The molecule has 3 heteroatoms. The molecule has 130 valence electrons. The Morgan fingerprint density at radius 2 is 2.00 bits per heavy atom. The zero-order chi connectivity index (χ0) is 17.3. The largest absolute Gasteiger partial charge is 0.393 e. The molecule has 0 spiro atoms.